The molecule has 0 amide bonds. The predicted molar refractivity (Wildman–Crippen MR) is 59.9 cm³/mol. The lowest BCUT2D eigenvalue weighted by Gasteiger charge is -2.16. The molecule has 1 N–H and O–H groups in total. The molecule has 0 atom stereocenters. The van der Waals surface area contributed by atoms with Gasteiger partial charge in [-0.25, -0.2) is 4.98 Å². The van der Waals surface area contributed by atoms with E-state index in [1.807, 2.05) is 0 Å². The van der Waals surface area contributed by atoms with Crippen LogP contribution < -0.4 is 4.74 Å². The van der Waals surface area contributed by atoms with E-state index >= 15 is 0 Å². The van der Waals surface area contributed by atoms with Crippen LogP contribution in [-0.4, -0.2) is 22.4 Å². The molecule has 4 nitrogen and oxygen atoms in total. The van der Waals surface area contributed by atoms with E-state index in [9.17, 15) is 31.1 Å². The zero-order chi connectivity index (χ0) is 16.4. The van der Waals surface area contributed by atoms with Crippen LogP contribution in [-0.2, 0) is 22.7 Å². The molecule has 0 radical (unpaired) electrons. The third-order valence-electron chi connectivity index (χ3n) is 2.12. The van der Waals surface area contributed by atoms with Crippen molar-refractivity contribution in [3.8, 4) is 5.88 Å². The van der Waals surface area contributed by atoms with Crippen molar-refractivity contribution in [2.75, 3.05) is 0 Å². The van der Waals surface area contributed by atoms with Gasteiger partial charge in [0.1, 0.15) is 0 Å². The Bertz CT molecular complexity index is 543. The number of hydrogen-bond acceptors (Lipinski definition) is 3. The Hall–Kier alpha value is -1.52. The van der Waals surface area contributed by atoms with Gasteiger partial charge in [-0.2, -0.15) is 13.2 Å². The van der Waals surface area contributed by atoms with E-state index in [1.165, 1.54) is 0 Å². The molecule has 0 saturated carbocycles. The molecule has 1 aromatic rings. The monoisotopic (exact) mass is 381 g/mol. The Morgan fingerprint density at radius 1 is 1.29 bits per heavy atom. The number of carbonyl (C=O) groups is 1. The summed E-state index contributed by atoms with van der Waals surface area (Å²) in [5.74, 6) is -2.79. The number of aromatic nitrogens is 1. The first-order valence-corrected chi connectivity index (χ1v) is 6.19. The SMILES string of the molecule is O=C(O)Cc1nc(OC(F)(F)F)c(CBr)cc1C(F)(F)F. The minimum atomic E-state index is -5.16. The molecule has 11 heteroatoms. The average molecular weight is 382 g/mol. The molecule has 0 aliphatic rings. The van der Waals surface area contributed by atoms with E-state index in [0.717, 1.165) is 0 Å². The number of carboxylic acid groups (broad SMARTS) is 1. The highest BCUT2D eigenvalue weighted by Crippen LogP contribution is 2.36. The van der Waals surface area contributed by atoms with Gasteiger partial charge in [0, 0.05) is 10.9 Å². The number of nitrogens with zero attached hydrogens (tertiary/aromatic N) is 1. The van der Waals surface area contributed by atoms with Crippen LogP contribution in [0, 0.1) is 0 Å². The highest BCUT2D eigenvalue weighted by atomic mass is 79.9. The molecular weight excluding hydrogens is 376 g/mol. The Morgan fingerprint density at radius 3 is 2.24 bits per heavy atom. The fourth-order valence-corrected chi connectivity index (χ4v) is 1.79. The van der Waals surface area contributed by atoms with Gasteiger partial charge < -0.3 is 9.84 Å². The maximum absolute atomic E-state index is 12.8. The quantitative estimate of drug-likeness (QED) is 0.640. The van der Waals surface area contributed by atoms with E-state index in [4.69, 9.17) is 5.11 Å². The number of halogens is 7. The predicted octanol–water partition coefficient (Wildman–Crippen LogP) is 3.52. The minimum absolute atomic E-state index is 0.376. The van der Waals surface area contributed by atoms with Gasteiger partial charge in [-0.15, -0.1) is 13.2 Å². The topological polar surface area (TPSA) is 59.4 Å². The lowest BCUT2D eigenvalue weighted by molar-refractivity contribution is -0.276. The molecule has 0 spiro atoms. The van der Waals surface area contributed by atoms with Gasteiger partial charge in [0.05, 0.1) is 17.7 Å². The molecule has 0 unspecified atom stereocenters. The highest BCUT2D eigenvalue weighted by Gasteiger charge is 2.38. The standard InChI is InChI=1S/C10H6BrF6NO3/c11-3-4-1-5(9(12,13)14)6(2-7(19)20)18-8(4)21-10(15,16)17/h1H,2-3H2,(H,19,20). The number of carboxylic acids is 1. The van der Waals surface area contributed by atoms with Crippen LogP contribution in [0.3, 0.4) is 0 Å². The summed E-state index contributed by atoms with van der Waals surface area (Å²) in [6, 6.07) is 0.376. The first-order valence-electron chi connectivity index (χ1n) is 5.07. The average Bonchev–Trinajstić information content (AvgIpc) is 2.24. The van der Waals surface area contributed by atoms with Crippen LogP contribution in [0.25, 0.3) is 0 Å². The van der Waals surface area contributed by atoms with Crippen molar-refractivity contribution >= 4 is 21.9 Å². The first-order chi connectivity index (χ1) is 9.44. The summed E-state index contributed by atoms with van der Waals surface area (Å²) in [6.45, 7) is 0. The minimum Gasteiger partial charge on any atom is -0.481 e. The van der Waals surface area contributed by atoms with Crippen molar-refractivity contribution in [1.29, 1.82) is 0 Å². The second-order valence-corrected chi connectivity index (χ2v) is 4.26. The number of ether oxygens (including phenoxy) is 1. The number of hydrogen-bond donors (Lipinski definition) is 1. The molecule has 0 aliphatic carbocycles. The third-order valence-corrected chi connectivity index (χ3v) is 2.73. The Morgan fingerprint density at radius 2 is 1.86 bits per heavy atom. The van der Waals surface area contributed by atoms with E-state index in [2.05, 4.69) is 25.7 Å². The molecule has 0 fully saturated rings. The van der Waals surface area contributed by atoms with Gasteiger partial charge in [-0.3, -0.25) is 4.79 Å². The first kappa shape index (κ1) is 17.5. The van der Waals surface area contributed by atoms with E-state index in [-0.39, 0.29) is 5.33 Å². The lowest BCUT2D eigenvalue weighted by atomic mass is 10.1. The smallest absolute Gasteiger partial charge is 0.481 e. The number of pyridine rings is 1. The summed E-state index contributed by atoms with van der Waals surface area (Å²) in [6.07, 6.45) is -11.3. The van der Waals surface area contributed by atoms with Crippen molar-refractivity contribution in [1.82, 2.24) is 4.98 Å². The van der Waals surface area contributed by atoms with Gasteiger partial charge in [0.15, 0.2) is 0 Å². The summed E-state index contributed by atoms with van der Waals surface area (Å²) < 4.78 is 78.3. The van der Waals surface area contributed by atoms with Crippen molar-refractivity contribution < 1.29 is 41.0 Å². The van der Waals surface area contributed by atoms with Crippen LogP contribution in [0.1, 0.15) is 16.8 Å². The van der Waals surface area contributed by atoms with E-state index < -0.39 is 47.6 Å². The molecule has 0 bridgehead atoms. The fourth-order valence-electron chi connectivity index (χ4n) is 1.39. The van der Waals surface area contributed by atoms with Crippen LogP contribution in [0.4, 0.5) is 26.3 Å². The van der Waals surface area contributed by atoms with Crippen molar-refractivity contribution in [3.05, 3.63) is 22.9 Å². The van der Waals surface area contributed by atoms with Crippen LogP contribution in [0.5, 0.6) is 5.88 Å². The molecule has 1 rings (SSSR count). The summed E-state index contributed by atoms with van der Waals surface area (Å²) in [5, 5.41) is 8.14. The second kappa shape index (κ2) is 6.08. The molecule has 1 heterocycles. The zero-order valence-corrected chi connectivity index (χ0v) is 11.4. The molecule has 21 heavy (non-hydrogen) atoms. The summed E-state index contributed by atoms with van der Waals surface area (Å²) >= 11 is 2.72. The van der Waals surface area contributed by atoms with Gasteiger partial charge >= 0.3 is 18.5 Å². The molecule has 0 aliphatic heterocycles. The third kappa shape index (κ3) is 5.06. The maximum atomic E-state index is 12.8. The van der Waals surface area contributed by atoms with E-state index in [0.29, 0.717) is 6.07 Å². The molecule has 1 aromatic heterocycles. The number of aliphatic carboxylic acids is 1. The summed E-state index contributed by atoms with van der Waals surface area (Å²) in [5.41, 5.74) is -2.98. The van der Waals surface area contributed by atoms with Crippen LogP contribution in [0.15, 0.2) is 6.07 Å². The molecule has 0 aromatic carbocycles. The molecule has 118 valence electrons. The zero-order valence-electron chi connectivity index (χ0n) is 9.85. The normalized spacial score (nSPS) is 12.3. The van der Waals surface area contributed by atoms with Gasteiger partial charge in [-0.1, -0.05) is 15.9 Å². The van der Waals surface area contributed by atoms with E-state index in [1.54, 1.807) is 0 Å². The second-order valence-electron chi connectivity index (χ2n) is 3.70. The molecule has 0 saturated heterocycles. The Balaban J connectivity index is 3.44. The Kier molecular flexibility index (Phi) is 5.07. The van der Waals surface area contributed by atoms with Crippen molar-refractivity contribution in [3.63, 3.8) is 0 Å². The lowest BCUT2D eigenvalue weighted by Crippen LogP contribution is -2.21. The molecular formula is C10H6BrF6NO3. The Labute approximate surface area is 121 Å². The van der Waals surface area contributed by atoms with Crippen LogP contribution in [0.2, 0.25) is 0 Å². The van der Waals surface area contributed by atoms with Gasteiger partial charge in [0.25, 0.3) is 0 Å². The van der Waals surface area contributed by atoms with Crippen LogP contribution >= 0.6 is 15.9 Å². The summed E-state index contributed by atoms with van der Waals surface area (Å²) in [4.78, 5) is 13.6. The van der Waals surface area contributed by atoms with Gasteiger partial charge in [0.2, 0.25) is 5.88 Å². The number of alkyl halides is 7. The highest BCUT2D eigenvalue weighted by molar-refractivity contribution is 9.08. The number of rotatable bonds is 4. The van der Waals surface area contributed by atoms with Crippen molar-refractivity contribution in [2.45, 2.75) is 24.3 Å². The fraction of sp³-hybridized carbons (Fsp3) is 0.400. The van der Waals surface area contributed by atoms with Gasteiger partial charge in [-0.05, 0) is 6.07 Å². The maximum Gasteiger partial charge on any atom is 0.574 e. The summed E-state index contributed by atoms with van der Waals surface area (Å²) in [7, 11) is 0. The van der Waals surface area contributed by atoms with Crippen molar-refractivity contribution in [2.24, 2.45) is 0 Å². The largest absolute Gasteiger partial charge is 0.574 e.